The summed E-state index contributed by atoms with van der Waals surface area (Å²) in [6.45, 7) is 7.98. The van der Waals surface area contributed by atoms with Gasteiger partial charge >= 0.3 is 0 Å². The quantitative estimate of drug-likeness (QED) is 0.732. The maximum absolute atomic E-state index is 12.4. The highest BCUT2D eigenvalue weighted by Crippen LogP contribution is 2.29. The summed E-state index contributed by atoms with van der Waals surface area (Å²) < 4.78 is 0.120. The molecule has 5 heteroatoms. The maximum Gasteiger partial charge on any atom is 0.255 e. The van der Waals surface area contributed by atoms with E-state index in [9.17, 15) is 4.79 Å². The van der Waals surface area contributed by atoms with Crippen LogP contribution in [-0.2, 0) is 0 Å². The van der Waals surface area contributed by atoms with Crippen molar-refractivity contribution >= 4 is 23.4 Å². The number of nitrogens with zero attached hydrogens (tertiary/aromatic N) is 1. The van der Waals surface area contributed by atoms with Crippen LogP contribution in [-0.4, -0.2) is 35.0 Å². The lowest BCUT2D eigenvalue weighted by molar-refractivity contribution is 0.0949. The van der Waals surface area contributed by atoms with Crippen molar-refractivity contribution in [1.82, 2.24) is 10.3 Å². The van der Waals surface area contributed by atoms with E-state index in [0.29, 0.717) is 12.1 Å². The van der Waals surface area contributed by atoms with E-state index in [1.165, 1.54) is 0 Å². The van der Waals surface area contributed by atoms with Gasteiger partial charge in [0.2, 0.25) is 0 Å². The summed E-state index contributed by atoms with van der Waals surface area (Å²) in [7, 11) is 0. The van der Waals surface area contributed by atoms with Gasteiger partial charge in [-0.1, -0.05) is 20.8 Å². The fourth-order valence-electron chi connectivity index (χ4n) is 2.19. The molecule has 0 bridgehead atoms. The number of carbonyl (C=O) groups is 1. The van der Waals surface area contributed by atoms with Crippen molar-refractivity contribution in [2.75, 3.05) is 24.7 Å². The van der Waals surface area contributed by atoms with Gasteiger partial charge in [0.1, 0.15) is 0 Å². The lowest BCUT2D eigenvalue weighted by Crippen LogP contribution is -2.39. The van der Waals surface area contributed by atoms with Crippen LogP contribution in [0.15, 0.2) is 18.5 Å². The van der Waals surface area contributed by atoms with E-state index in [1.54, 1.807) is 12.4 Å². The number of nitrogens with one attached hydrogen (secondary N) is 2. The molecule has 0 unspecified atom stereocenters. The SMILES string of the molecule is CCCNc1ccncc1C(=O)NCC(CC)(CC)SC. The summed E-state index contributed by atoms with van der Waals surface area (Å²) in [6, 6.07) is 1.85. The Morgan fingerprint density at radius 1 is 1.33 bits per heavy atom. The van der Waals surface area contributed by atoms with Crippen LogP contribution in [0.1, 0.15) is 50.4 Å². The highest BCUT2D eigenvalue weighted by molar-refractivity contribution is 8.00. The van der Waals surface area contributed by atoms with Gasteiger partial charge in [-0.15, -0.1) is 0 Å². The molecule has 0 aliphatic heterocycles. The van der Waals surface area contributed by atoms with Crippen molar-refractivity contribution in [2.24, 2.45) is 0 Å². The minimum absolute atomic E-state index is 0.0537. The summed E-state index contributed by atoms with van der Waals surface area (Å²) in [5.74, 6) is -0.0537. The van der Waals surface area contributed by atoms with Crippen LogP contribution in [0.25, 0.3) is 0 Å². The Hall–Kier alpha value is -1.23. The van der Waals surface area contributed by atoms with Crippen molar-refractivity contribution in [1.29, 1.82) is 0 Å². The van der Waals surface area contributed by atoms with Crippen molar-refractivity contribution in [2.45, 2.75) is 44.8 Å². The van der Waals surface area contributed by atoms with E-state index in [4.69, 9.17) is 0 Å². The third kappa shape index (κ3) is 4.92. The minimum Gasteiger partial charge on any atom is -0.384 e. The van der Waals surface area contributed by atoms with Gasteiger partial charge in [-0.05, 0) is 31.6 Å². The van der Waals surface area contributed by atoms with Crippen LogP contribution < -0.4 is 10.6 Å². The van der Waals surface area contributed by atoms with Gasteiger partial charge in [0.15, 0.2) is 0 Å². The molecule has 0 aliphatic carbocycles. The first kappa shape index (κ1) is 17.8. The zero-order chi connectivity index (χ0) is 15.7. The Bertz CT molecular complexity index is 439. The Labute approximate surface area is 132 Å². The van der Waals surface area contributed by atoms with Gasteiger partial charge in [0.05, 0.1) is 11.3 Å². The van der Waals surface area contributed by atoms with Gasteiger partial charge in [-0.25, -0.2) is 0 Å². The molecule has 1 amide bonds. The number of thioether (sulfide) groups is 1. The Kier molecular flexibility index (Phi) is 7.57. The third-order valence-electron chi connectivity index (χ3n) is 3.92. The second-order valence-corrected chi connectivity index (χ2v) is 6.40. The standard InChI is InChI=1S/C16H27N3OS/c1-5-9-18-14-8-10-17-11-13(14)15(20)19-12-16(6-2,7-3)21-4/h8,10-11H,5-7,9,12H2,1-4H3,(H,17,18)(H,19,20). The number of carbonyl (C=O) groups excluding carboxylic acids is 1. The normalized spacial score (nSPS) is 11.2. The molecule has 2 N–H and O–H groups in total. The van der Waals surface area contributed by atoms with E-state index in [0.717, 1.165) is 31.5 Å². The number of hydrogen-bond acceptors (Lipinski definition) is 4. The third-order valence-corrected chi connectivity index (χ3v) is 5.51. The van der Waals surface area contributed by atoms with Gasteiger partial charge in [-0.2, -0.15) is 11.8 Å². The van der Waals surface area contributed by atoms with E-state index in [2.05, 4.69) is 42.6 Å². The fraction of sp³-hybridized carbons (Fsp3) is 0.625. The monoisotopic (exact) mass is 309 g/mol. The second kappa shape index (κ2) is 8.93. The Morgan fingerprint density at radius 2 is 2.05 bits per heavy atom. The Balaban J connectivity index is 2.75. The first-order chi connectivity index (χ1) is 10.1. The topological polar surface area (TPSA) is 54.0 Å². The molecule has 118 valence electrons. The Morgan fingerprint density at radius 3 is 2.62 bits per heavy atom. The number of aromatic nitrogens is 1. The maximum atomic E-state index is 12.4. The smallest absolute Gasteiger partial charge is 0.255 e. The van der Waals surface area contributed by atoms with Gasteiger partial charge < -0.3 is 10.6 Å². The van der Waals surface area contributed by atoms with Gasteiger partial charge in [0.25, 0.3) is 5.91 Å². The van der Waals surface area contributed by atoms with Crippen LogP contribution in [0.2, 0.25) is 0 Å². The first-order valence-corrected chi connectivity index (χ1v) is 8.86. The zero-order valence-electron chi connectivity index (χ0n) is 13.5. The van der Waals surface area contributed by atoms with Crippen LogP contribution >= 0.6 is 11.8 Å². The van der Waals surface area contributed by atoms with Crippen molar-refractivity contribution in [3.05, 3.63) is 24.0 Å². The van der Waals surface area contributed by atoms with E-state index < -0.39 is 0 Å². The van der Waals surface area contributed by atoms with Crippen LogP contribution in [0.3, 0.4) is 0 Å². The van der Waals surface area contributed by atoms with Crippen molar-refractivity contribution in [3.8, 4) is 0 Å². The average Bonchev–Trinajstić information content (AvgIpc) is 2.54. The van der Waals surface area contributed by atoms with Crippen molar-refractivity contribution in [3.63, 3.8) is 0 Å². The fourth-order valence-corrected chi connectivity index (χ4v) is 2.98. The first-order valence-electron chi connectivity index (χ1n) is 7.63. The predicted molar refractivity (Wildman–Crippen MR) is 92.2 cm³/mol. The molecule has 0 fully saturated rings. The number of pyridine rings is 1. The molecule has 0 saturated carbocycles. The number of rotatable bonds is 9. The molecule has 0 saturated heterocycles. The minimum atomic E-state index is -0.0537. The predicted octanol–water partition coefficient (Wildman–Crippen LogP) is 3.56. The lowest BCUT2D eigenvalue weighted by atomic mass is 10.0. The summed E-state index contributed by atoms with van der Waals surface area (Å²) in [5.41, 5.74) is 1.47. The summed E-state index contributed by atoms with van der Waals surface area (Å²) in [5, 5.41) is 6.35. The molecule has 0 spiro atoms. The molecule has 21 heavy (non-hydrogen) atoms. The van der Waals surface area contributed by atoms with Crippen LogP contribution in [0.4, 0.5) is 5.69 Å². The number of hydrogen-bond donors (Lipinski definition) is 2. The number of amides is 1. The molecule has 0 atom stereocenters. The van der Waals surface area contributed by atoms with E-state index in [-0.39, 0.29) is 10.7 Å². The van der Waals surface area contributed by atoms with Gasteiger partial charge in [0, 0.05) is 30.2 Å². The molecule has 1 heterocycles. The van der Waals surface area contributed by atoms with Crippen LogP contribution in [0, 0.1) is 0 Å². The van der Waals surface area contributed by atoms with Gasteiger partial charge in [-0.3, -0.25) is 9.78 Å². The highest BCUT2D eigenvalue weighted by Gasteiger charge is 2.26. The molecule has 1 aromatic heterocycles. The van der Waals surface area contributed by atoms with E-state index >= 15 is 0 Å². The second-order valence-electron chi connectivity index (χ2n) is 5.12. The molecule has 1 aromatic rings. The zero-order valence-corrected chi connectivity index (χ0v) is 14.3. The average molecular weight is 309 g/mol. The van der Waals surface area contributed by atoms with Crippen molar-refractivity contribution < 1.29 is 4.79 Å². The molecule has 4 nitrogen and oxygen atoms in total. The molecule has 0 aliphatic rings. The summed E-state index contributed by atoms with van der Waals surface area (Å²) in [4.78, 5) is 16.5. The summed E-state index contributed by atoms with van der Waals surface area (Å²) in [6.07, 6.45) is 8.55. The molecule has 0 aromatic carbocycles. The van der Waals surface area contributed by atoms with Crippen LogP contribution in [0.5, 0.6) is 0 Å². The molecule has 0 radical (unpaired) electrons. The molecule has 1 rings (SSSR count). The summed E-state index contributed by atoms with van der Waals surface area (Å²) >= 11 is 1.83. The number of anilines is 1. The lowest BCUT2D eigenvalue weighted by Gasteiger charge is -2.29. The highest BCUT2D eigenvalue weighted by atomic mass is 32.2. The molecular weight excluding hydrogens is 282 g/mol. The largest absolute Gasteiger partial charge is 0.384 e. The molecular formula is C16H27N3OS. The van der Waals surface area contributed by atoms with E-state index in [1.807, 2.05) is 17.8 Å².